The van der Waals surface area contributed by atoms with Crippen molar-refractivity contribution >= 4 is 11.7 Å². The van der Waals surface area contributed by atoms with E-state index in [0.717, 1.165) is 17.1 Å². The highest BCUT2D eigenvalue weighted by molar-refractivity contribution is 5.83. The zero-order valence-electron chi connectivity index (χ0n) is 16.5. The van der Waals surface area contributed by atoms with Gasteiger partial charge in [0.15, 0.2) is 0 Å². The summed E-state index contributed by atoms with van der Waals surface area (Å²) >= 11 is 0. The molecule has 1 amide bonds. The maximum absolute atomic E-state index is 14.3. The van der Waals surface area contributed by atoms with E-state index in [9.17, 15) is 9.18 Å². The SMILES string of the molecule is Cc1nc2c(c(N(C)C)n1)CCN(C(=O)[C@H](c1ccccc1F)N(C)C)C2. The average Bonchev–Trinajstić information content (AvgIpc) is 2.61. The van der Waals surface area contributed by atoms with E-state index in [1.165, 1.54) is 6.07 Å². The summed E-state index contributed by atoms with van der Waals surface area (Å²) in [6.45, 7) is 2.84. The highest BCUT2D eigenvalue weighted by Crippen LogP contribution is 2.29. The summed E-state index contributed by atoms with van der Waals surface area (Å²) in [4.78, 5) is 27.9. The van der Waals surface area contributed by atoms with Gasteiger partial charge in [-0.1, -0.05) is 18.2 Å². The zero-order valence-corrected chi connectivity index (χ0v) is 16.5. The van der Waals surface area contributed by atoms with Gasteiger partial charge in [-0.25, -0.2) is 14.4 Å². The predicted molar refractivity (Wildman–Crippen MR) is 103 cm³/mol. The summed E-state index contributed by atoms with van der Waals surface area (Å²) in [7, 11) is 7.51. The zero-order chi connectivity index (χ0) is 19.7. The molecule has 1 aromatic carbocycles. The van der Waals surface area contributed by atoms with E-state index in [-0.39, 0.29) is 11.7 Å². The highest BCUT2D eigenvalue weighted by atomic mass is 19.1. The largest absolute Gasteiger partial charge is 0.362 e. The molecule has 144 valence electrons. The summed E-state index contributed by atoms with van der Waals surface area (Å²) in [5.74, 6) is 1.11. The number of halogens is 1. The summed E-state index contributed by atoms with van der Waals surface area (Å²) < 4.78 is 14.3. The molecule has 0 aliphatic carbocycles. The molecule has 1 aromatic heterocycles. The number of amides is 1. The van der Waals surface area contributed by atoms with Gasteiger partial charge in [-0.3, -0.25) is 9.69 Å². The number of hydrogen-bond donors (Lipinski definition) is 0. The standard InChI is InChI=1S/C20H26FN5O/c1-13-22-17-12-26(11-10-15(17)19(23-13)25(4)5)20(27)18(24(2)3)14-8-6-7-9-16(14)21/h6-9,18H,10-12H2,1-5H3/t18-/m0/s1. The van der Waals surface area contributed by atoms with Gasteiger partial charge >= 0.3 is 0 Å². The molecule has 3 rings (SSSR count). The number of benzene rings is 1. The summed E-state index contributed by atoms with van der Waals surface area (Å²) in [5.41, 5.74) is 2.35. The topological polar surface area (TPSA) is 52.6 Å². The molecular weight excluding hydrogens is 345 g/mol. The first-order chi connectivity index (χ1) is 12.8. The van der Waals surface area contributed by atoms with Crippen molar-refractivity contribution in [3.63, 3.8) is 0 Å². The second-order valence-electron chi connectivity index (χ2n) is 7.31. The summed E-state index contributed by atoms with van der Waals surface area (Å²) in [5, 5.41) is 0. The third-order valence-corrected chi connectivity index (χ3v) is 4.84. The van der Waals surface area contributed by atoms with Crippen molar-refractivity contribution in [1.29, 1.82) is 0 Å². The van der Waals surface area contributed by atoms with Gasteiger partial charge in [-0.15, -0.1) is 0 Å². The van der Waals surface area contributed by atoms with Gasteiger partial charge in [0.2, 0.25) is 5.91 Å². The van der Waals surface area contributed by atoms with Crippen LogP contribution in [0.2, 0.25) is 0 Å². The van der Waals surface area contributed by atoms with Crippen LogP contribution in [0.25, 0.3) is 0 Å². The Labute approximate surface area is 159 Å². The van der Waals surface area contributed by atoms with E-state index in [1.807, 2.05) is 25.9 Å². The van der Waals surface area contributed by atoms with Crippen LogP contribution in [-0.4, -0.2) is 60.4 Å². The average molecular weight is 371 g/mol. The molecule has 0 saturated heterocycles. The van der Waals surface area contributed by atoms with Crippen molar-refractivity contribution in [2.45, 2.75) is 25.9 Å². The van der Waals surface area contributed by atoms with Gasteiger partial charge in [0.05, 0.1) is 12.2 Å². The monoisotopic (exact) mass is 371 g/mol. The van der Waals surface area contributed by atoms with Gasteiger partial charge in [-0.05, 0) is 33.5 Å². The van der Waals surface area contributed by atoms with Crippen LogP contribution >= 0.6 is 0 Å². The van der Waals surface area contributed by atoms with Gasteiger partial charge in [0.1, 0.15) is 23.5 Å². The Kier molecular flexibility index (Phi) is 5.41. The van der Waals surface area contributed by atoms with Crippen LogP contribution in [0.15, 0.2) is 24.3 Å². The van der Waals surface area contributed by atoms with Crippen molar-refractivity contribution in [3.8, 4) is 0 Å². The van der Waals surface area contributed by atoms with E-state index in [0.29, 0.717) is 30.9 Å². The number of aromatic nitrogens is 2. The van der Waals surface area contributed by atoms with E-state index in [2.05, 4.69) is 9.97 Å². The molecule has 27 heavy (non-hydrogen) atoms. The van der Waals surface area contributed by atoms with E-state index in [4.69, 9.17) is 0 Å². The van der Waals surface area contributed by atoms with Gasteiger partial charge in [-0.2, -0.15) is 0 Å². The fourth-order valence-electron chi connectivity index (χ4n) is 3.59. The number of rotatable bonds is 4. The molecule has 0 fully saturated rings. The Morgan fingerprint density at radius 3 is 2.52 bits per heavy atom. The maximum Gasteiger partial charge on any atom is 0.244 e. The number of fused-ring (bicyclic) bond motifs is 1. The van der Waals surface area contributed by atoms with Gasteiger partial charge in [0.25, 0.3) is 0 Å². The van der Waals surface area contributed by atoms with Gasteiger partial charge in [0, 0.05) is 31.8 Å². The first-order valence-electron chi connectivity index (χ1n) is 9.03. The molecule has 2 heterocycles. The second-order valence-corrected chi connectivity index (χ2v) is 7.31. The molecule has 6 nitrogen and oxygen atoms in total. The van der Waals surface area contributed by atoms with Crippen LogP contribution in [0.1, 0.15) is 28.7 Å². The Morgan fingerprint density at radius 1 is 1.19 bits per heavy atom. The van der Waals surface area contributed by atoms with Gasteiger partial charge < -0.3 is 9.80 Å². The maximum atomic E-state index is 14.3. The summed E-state index contributed by atoms with van der Waals surface area (Å²) in [6.07, 6.45) is 0.687. The van der Waals surface area contributed by atoms with Crippen LogP contribution in [-0.2, 0) is 17.8 Å². The molecule has 1 aliphatic heterocycles. The van der Waals surface area contributed by atoms with Crippen molar-refractivity contribution in [2.24, 2.45) is 0 Å². The van der Waals surface area contributed by atoms with Crippen molar-refractivity contribution in [1.82, 2.24) is 19.8 Å². The number of carbonyl (C=O) groups excluding carboxylic acids is 1. The molecule has 0 spiro atoms. The molecule has 0 unspecified atom stereocenters. The van der Waals surface area contributed by atoms with Crippen molar-refractivity contribution in [3.05, 3.63) is 52.7 Å². The van der Waals surface area contributed by atoms with Crippen LogP contribution in [0.5, 0.6) is 0 Å². The fraction of sp³-hybridized carbons (Fsp3) is 0.450. The normalized spacial score (nSPS) is 14.9. The van der Waals surface area contributed by atoms with Crippen LogP contribution in [0, 0.1) is 12.7 Å². The number of carbonyl (C=O) groups is 1. The predicted octanol–water partition coefficient (Wildman–Crippen LogP) is 2.18. The number of hydrogen-bond acceptors (Lipinski definition) is 5. The Balaban J connectivity index is 1.92. The second kappa shape index (κ2) is 7.60. The first-order valence-corrected chi connectivity index (χ1v) is 9.03. The quantitative estimate of drug-likeness (QED) is 0.825. The van der Waals surface area contributed by atoms with Crippen molar-refractivity contribution in [2.75, 3.05) is 39.6 Å². The molecule has 1 atom stereocenters. The smallest absolute Gasteiger partial charge is 0.244 e. The van der Waals surface area contributed by atoms with E-state index >= 15 is 0 Å². The number of nitrogens with zero attached hydrogens (tertiary/aromatic N) is 5. The first kappa shape index (κ1) is 19.2. The summed E-state index contributed by atoms with van der Waals surface area (Å²) in [6, 6.07) is 5.80. The number of anilines is 1. The molecule has 0 saturated carbocycles. The third kappa shape index (κ3) is 3.78. The van der Waals surface area contributed by atoms with E-state index in [1.54, 1.807) is 42.1 Å². The lowest BCUT2D eigenvalue weighted by molar-refractivity contribution is -0.137. The lowest BCUT2D eigenvalue weighted by atomic mass is 10.0. The Bertz CT molecular complexity index is 852. The highest BCUT2D eigenvalue weighted by Gasteiger charge is 2.33. The minimum atomic E-state index is -0.663. The van der Waals surface area contributed by atoms with Crippen molar-refractivity contribution < 1.29 is 9.18 Å². The molecular formula is C20H26FN5O. The third-order valence-electron chi connectivity index (χ3n) is 4.84. The lowest BCUT2D eigenvalue weighted by Crippen LogP contribution is -2.44. The Morgan fingerprint density at radius 2 is 1.89 bits per heavy atom. The van der Waals surface area contributed by atoms with Crippen LogP contribution in [0.4, 0.5) is 10.2 Å². The minimum absolute atomic E-state index is 0.113. The van der Waals surface area contributed by atoms with E-state index < -0.39 is 6.04 Å². The molecule has 0 bridgehead atoms. The molecule has 0 N–H and O–H groups in total. The molecule has 1 aliphatic rings. The number of likely N-dealkylation sites (N-methyl/N-ethyl adjacent to an activating group) is 1. The minimum Gasteiger partial charge on any atom is -0.362 e. The number of aryl methyl sites for hydroxylation is 1. The fourth-order valence-corrected chi connectivity index (χ4v) is 3.59. The van der Waals surface area contributed by atoms with Crippen LogP contribution < -0.4 is 4.90 Å². The van der Waals surface area contributed by atoms with Crippen LogP contribution in [0.3, 0.4) is 0 Å². The lowest BCUT2D eigenvalue weighted by Gasteiger charge is -2.34. The molecule has 0 radical (unpaired) electrons. The molecule has 7 heteroatoms. The molecule has 2 aromatic rings. The Hall–Kier alpha value is -2.54.